The van der Waals surface area contributed by atoms with E-state index in [1.807, 2.05) is 24.3 Å². The number of aliphatic hydroxyl groups excluding tert-OH is 1. The first-order chi connectivity index (χ1) is 17.5. The maximum Gasteiger partial charge on any atom is 0.295 e. The monoisotopic (exact) mass is 495 g/mol. The number of methoxy groups -OCH3 is 1. The number of hydrogen-bond donors (Lipinski definition) is 1. The van der Waals surface area contributed by atoms with Crippen molar-refractivity contribution in [3.05, 3.63) is 59.2 Å². The molecule has 0 spiro atoms. The Morgan fingerprint density at radius 3 is 2.47 bits per heavy atom. The normalized spacial score (nSPS) is 18.5. The molecule has 0 bridgehead atoms. The van der Waals surface area contributed by atoms with Gasteiger partial charge in [0.1, 0.15) is 24.7 Å². The molecule has 0 saturated carbocycles. The summed E-state index contributed by atoms with van der Waals surface area (Å²) in [6.45, 7) is 4.38. The first kappa shape index (κ1) is 25.6. The maximum absolute atomic E-state index is 13.2. The second-order valence-electron chi connectivity index (χ2n) is 8.82. The van der Waals surface area contributed by atoms with Crippen LogP contribution in [-0.4, -0.2) is 61.8 Å². The van der Waals surface area contributed by atoms with Crippen LogP contribution in [0.3, 0.4) is 0 Å². The number of aliphatic hydroxyl groups is 1. The van der Waals surface area contributed by atoms with Crippen LogP contribution in [0.2, 0.25) is 0 Å². The molecule has 2 aromatic rings. The molecule has 4 rings (SSSR count). The topological polar surface area (TPSA) is 94.5 Å². The van der Waals surface area contributed by atoms with Gasteiger partial charge < -0.3 is 29.0 Å². The van der Waals surface area contributed by atoms with Crippen LogP contribution >= 0.6 is 0 Å². The summed E-state index contributed by atoms with van der Waals surface area (Å²) in [5.41, 5.74) is 1.15. The first-order valence-corrected chi connectivity index (χ1v) is 12.4. The zero-order valence-corrected chi connectivity index (χ0v) is 20.8. The highest BCUT2D eigenvalue weighted by Crippen LogP contribution is 2.41. The van der Waals surface area contributed by atoms with Crippen molar-refractivity contribution in [3.63, 3.8) is 0 Å². The molecule has 2 aromatic carbocycles. The molecular weight excluding hydrogens is 462 g/mol. The van der Waals surface area contributed by atoms with Crippen molar-refractivity contribution in [2.75, 3.05) is 40.1 Å². The second kappa shape index (κ2) is 11.9. The minimum absolute atomic E-state index is 0.0470. The largest absolute Gasteiger partial charge is 0.507 e. The van der Waals surface area contributed by atoms with Crippen molar-refractivity contribution < 1.29 is 33.6 Å². The zero-order valence-electron chi connectivity index (χ0n) is 20.8. The lowest BCUT2D eigenvalue weighted by Gasteiger charge is -2.25. The molecule has 1 saturated heterocycles. The standard InChI is InChI=1S/C28H33NO7/c1-3-4-5-15-34-21-10-7-19(8-11-21)25-24(27(31)28(32)29(25)13-6-14-33-2)26(30)20-9-12-22-23(18-20)36-17-16-35-22/h7-12,18,25,30H,3-6,13-17H2,1-2H3/b26-24+. The van der Waals surface area contributed by atoms with Crippen molar-refractivity contribution in [3.8, 4) is 17.2 Å². The molecule has 0 radical (unpaired) electrons. The van der Waals surface area contributed by atoms with Gasteiger partial charge in [-0.15, -0.1) is 0 Å². The molecule has 2 aliphatic heterocycles. The van der Waals surface area contributed by atoms with E-state index in [4.69, 9.17) is 18.9 Å². The van der Waals surface area contributed by atoms with Crippen LogP contribution in [0, 0.1) is 0 Å². The van der Waals surface area contributed by atoms with Crippen LogP contribution in [0.5, 0.6) is 17.2 Å². The highest BCUT2D eigenvalue weighted by Gasteiger charge is 2.45. The Labute approximate surface area is 211 Å². The van der Waals surface area contributed by atoms with Gasteiger partial charge in [-0.25, -0.2) is 0 Å². The molecule has 192 valence electrons. The minimum Gasteiger partial charge on any atom is -0.507 e. The van der Waals surface area contributed by atoms with Crippen molar-refractivity contribution in [2.45, 2.75) is 38.6 Å². The van der Waals surface area contributed by atoms with Crippen molar-refractivity contribution in [1.82, 2.24) is 4.90 Å². The highest BCUT2D eigenvalue weighted by molar-refractivity contribution is 6.46. The van der Waals surface area contributed by atoms with Gasteiger partial charge in [0, 0.05) is 25.8 Å². The van der Waals surface area contributed by atoms with Gasteiger partial charge in [-0.3, -0.25) is 9.59 Å². The number of rotatable bonds is 11. The van der Waals surface area contributed by atoms with E-state index >= 15 is 0 Å². The molecule has 2 heterocycles. The van der Waals surface area contributed by atoms with Crippen LogP contribution in [0.15, 0.2) is 48.0 Å². The maximum atomic E-state index is 13.2. The molecule has 0 aliphatic carbocycles. The zero-order chi connectivity index (χ0) is 25.5. The van der Waals surface area contributed by atoms with E-state index in [0.29, 0.717) is 62.0 Å². The van der Waals surface area contributed by atoms with Crippen LogP contribution in [0.25, 0.3) is 5.76 Å². The Bertz CT molecular complexity index is 1110. The molecule has 1 amide bonds. The van der Waals surface area contributed by atoms with E-state index in [1.54, 1.807) is 25.3 Å². The number of likely N-dealkylation sites (tertiary alicyclic amines) is 1. The van der Waals surface area contributed by atoms with Crippen LogP contribution in [0.1, 0.15) is 49.8 Å². The predicted octanol–water partition coefficient (Wildman–Crippen LogP) is 4.49. The van der Waals surface area contributed by atoms with Gasteiger partial charge in [-0.05, 0) is 48.7 Å². The molecule has 36 heavy (non-hydrogen) atoms. The smallest absolute Gasteiger partial charge is 0.295 e. The van der Waals surface area contributed by atoms with Gasteiger partial charge in [0.15, 0.2) is 11.5 Å². The van der Waals surface area contributed by atoms with Gasteiger partial charge >= 0.3 is 0 Å². The molecule has 1 N–H and O–H groups in total. The fraction of sp³-hybridized carbons (Fsp3) is 0.429. The minimum atomic E-state index is -0.732. The molecule has 1 atom stereocenters. The molecular formula is C28H33NO7. The lowest BCUT2D eigenvalue weighted by Crippen LogP contribution is -2.31. The summed E-state index contributed by atoms with van der Waals surface area (Å²) in [7, 11) is 1.59. The number of Topliss-reactive ketones (excluding diaryl/α,β-unsaturated/α-hetero) is 1. The number of ether oxygens (including phenoxy) is 4. The van der Waals surface area contributed by atoms with Gasteiger partial charge in [-0.2, -0.15) is 0 Å². The third-order valence-corrected chi connectivity index (χ3v) is 6.32. The number of ketones is 1. The number of carbonyl (C=O) groups excluding carboxylic acids is 2. The average Bonchev–Trinajstić information content (AvgIpc) is 3.16. The van der Waals surface area contributed by atoms with Crippen LogP contribution < -0.4 is 14.2 Å². The van der Waals surface area contributed by atoms with Crippen molar-refractivity contribution in [1.29, 1.82) is 0 Å². The number of amides is 1. The lowest BCUT2D eigenvalue weighted by molar-refractivity contribution is -0.140. The number of nitrogens with zero attached hydrogens (tertiary/aromatic N) is 1. The number of unbranched alkanes of at least 4 members (excludes halogenated alkanes) is 2. The van der Waals surface area contributed by atoms with Gasteiger partial charge in [0.25, 0.3) is 11.7 Å². The van der Waals surface area contributed by atoms with Gasteiger partial charge in [0.05, 0.1) is 18.2 Å². The molecule has 1 unspecified atom stereocenters. The molecule has 1 fully saturated rings. The number of carbonyl (C=O) groups is 2. The Kier molecular flexibility index (Phi) is 8.48. The van der Waals surface area contributed by atoms with E-state index in [9.17, 15) is 14.7 Å². The summed E-state index contributed by atoms with van der Waals surface area (Å²) in [4.78, 5) is 27.7. The molecule has 8 heteroatoms. The third-order valence-electron chi connectivity index (χ3n) is 6.32. The van der Waals surface area contributed by atoms with Gasteiger partial charge in [-0.1, -0.05) is 31.9 Å². The Morgan fingerprint density at radius 1 is 1.00 bits per heavy atom. The molecule has 8 nitrogen and oxygen atoms in total. The highest BCUT2D eigenvalue weighted by atomic mass is 16.6. The van der Waals surface area contributed by atoms with E-state index < -0.39 is 17.7 Å². The van der Waals surface area contributed by atoms with Crippen molar-refractivity contribution in [2.24, 2.45) is 0 Å². The molecule has 2 aliphatic rings. The third kappa shape index (κ3) is 5.49. The quantitative estimate of drug-likeness (QED) is 0.212. The fourth-order valence-electron chi connectivity index (χ4n) is 4.47. The summed E-state index contributed by atoms with van der Waals surface area (Å²) in [6.07, 6.45) is 3.76. The molecule has 0 aromatic heterocycles. The van der Waals surface area contributed by atoms with E-state index in [0.717, 1.165) is 25.0 Å². The number of hydrogen-bond acceptors (Lipinski definition) is 7. The van der Waals surface area contributed by atoms with E-state index in [-0.39, 0.29) is 11.3 Å². The number of fused-ring (bicyclic) bond motifs is 1. The fourth-order valence-corrected chi connectivity index (χ4v) is 4.47. The Balaban J connectivity index is 1.68. The summed E-state index contributed by atoms with van der Waals surface area (Å²) in [5, 5.41) is 11.3. The van der Waals surface area contributed by atoms with E-state index in [1.165, 1.54) is 4.90 Å². The van der Waals surface area contributed by atoms with E-state index in [2.05, 4.69) is 6.92 Å². The Morgan fingerprint density at radius 2 is 1.75 bits per heavy atom. The second-order valence-corrected chi connectivity index (χ2v) is 8.82. The summed E-state index contributed by atoms with van der Waals surface area (Å²) in [5.74, 6) is 0.173. The predicted molar refractivity (Wildman–Crippen MR) is 134 cm³/mol. The lowest BCUT2D eigenvalue weighted by atomic mass is 9.95. The number of benzene rings is 2. The Hall–Kier alpha value is -3.52. The van der Waals surface area contributed by atoms with Crippen LogP contribution in [-0.2, 0) is 14.3 Å². The SMILES string of the molecule is CCCCCOc1ccc(C2/C(=C(\O)c3ccc4c(c3)OCCO4)C(=O)C(=O)N2CCCOC)cc1. The van der Waals surface area contributed by atoms with Gasteiger partial charge in [0.2, 0.25) is 0 Å². The summed E-state index contributed by atoms with van der Waals surface area (Å²) >= 11 is 0. The summed E-state index contributed by atoms with van der Waals surface area (Å²) < 4.78 is 22.2. The van der Waals surface area contributed by atoms with Crippen molar-refractivity contribution >= 4 is 17.4 Å². The first-order valence-electron chi connectivity index (χ1n) is 12.4. The summed E-state index contributed by atoms with van der Waals surface area (Å²) in [6, 6.07) is 11.6. The average molecular weight is 496 g/mol. The van der Waals surface area contributed by atoms with Crippen LogP contribution in [0.4, 0.5) is 0 Å².